The van der Waals surface area contributed by atoms with Crippen LogP contribution in [0, 0.1) is 0 Å². The summed E-state index contributed by atoms with van der Waals surface area (Å²) in [5.74, 6) is 2.09. The lowest BCUT2D eigenvalue weighted by Crippen LogP contribution is -2.06. The highest BCUT2D eigenvalue weighted by molar-refractivity contribution is 5.38. The van der Waals surface area contributed by atoms with Crippen LogP contribution < -0.4 is 10.1 Å². The zero-order chi connectivity index (χ0) is 12.8. The number of pyridine rings is 1. The van der Waals surface area contributed by atoms with Crippen LogP contribution in [-0.4, -0.2) is 22.1 Å². The largest absolute Gasteiger partial charge is 0.481 e. The lowest BCUT2D eigenvalue weighted by atomic mass is 10.3. The Labute approximate surface area is 106 Å². The predicted molar refractivity (Wildman–Crippen MR) is 69.5 cm³/mol. The Morgan fingerprint density at radius 2 is 2.17 bits per heavy atom. The normalized spacial score (nSPS) is 10.1. The number of methoxy groups -OCH3 is 1. The molecule has 0 atom stereocenters. The molecule has 0 spiro atoms. The summed E-state index contributed by atoms with van der Waals surface area (Å²) >= 11 is 0. The van der Waals surface area contributed by atoms with Gasteiger partial charge in [0.15, 0.2) is 0 Å². The fourth-order valence-electron chi connectivity index (χ4n) is 1.51. The van der Waals surface area contributed by atoms with Crippen LogP contribution in [0.3, 0.4) is 0 Å². The molecule has 0 fully saturated rings. The van der Waals surface area contributed by atoms with Crippen LogP contribution in [0.4, 0.5) is 5.82 Å². The minimum atomic E-state index is 0.574. The van der Waals surface area contributed by atoms with Gasteiger partial charge in [-0.2, -0.15) is 4.98 Å². The second-order valence-corrected chi connectivity index (χ2v) is 3.74. The summed E-state index contributed by atoms with van der Waals surface area (Å²) < 4.78 is 5.14. The predicted octanol–water partition coefficient (Wildman–Crippen LogP) is 2.05. The molecule has 5 heteroatoms. The number of anilines is 1. The molecule has 1 N–H and O–H groups in total. The van der Waals surface area contributed by atoms with Gasteiger partial charge < -0.3 is 10.1 Å². The lowest BCUT2D eigenvalue weighted by Gasteiger charge is -2.08. The van der Waals surface area contributed by atoms with Crippen molar-refractivity contribution in [3.05, 3.63) is 42.0 Å². The van der Waals surface area contributed by atoms with E-state index >= 15 is 0 Å². The maximum Gasteiger partial charge on any atom is 0.218 e. The first kappa shape index (κ1) is 12.3. The van der Waals surface area contributed by atoms with E-state index in [-0.39, 0.29) is 0 Å². The van der Waals surface area contributed by atoms with E-state index in [0.29, 0.717) is 12.4 Å². The Balaban J connectivity index is 2.09. The number of nitrogens with one attached hydrogen (secondary N) is 1. The number of aromatic nitrogens is 3. The average molecular weight is 244 g/mol. The molecule has 0 saturated carbocycles. The van der Waals surface area contributed by atoms with Gasteiger partial charge in [-0.25, -0.2) is 4.98 Å². The van der Waals surface area contributed by atoms with Crippen LogP contribution in [0.15, 0.2) is 30.5 Å². The summed E-state index contributed by atoms with van der Waals surface area (Å²) in [4.78, 5) is 12.9. The molecule has 2 aromatic heterocycles. The van der Waals surface area contributed by atoms with Crippen molar-refractivity contribution in [2.45, 2.75) is 19.9 Å². The number of hydrogen-bond acceptors (Lipinski definition) is 5. The highest BCUT2D eigenvalue weighted by atomic mass is 16.5. The minimum absolute atomic E-state index is 0.574. The topological polar surface area (TPSA) is 59.9 Å². The number of ether oxygens (including phenoxy) is 1. The summed E-state index contributed by atoms with van der Waals surface area (Å²) in [6, 6.07) is 7.60. The van der Waals surface area contributed by atoms with Crippen molar-refractivity contribution in [1.82, 2.24) is 15.0 Å². The first-order chi connectivity index (χ1) is 8.81. The van der Waals surface area contributed by atoms with Crippen molar-refractivity contribution in [1.29, 1.82) is 0 Å². The van der Waals surface area contributed by atoms with Gasteiger partial charge in [-0.05, 0) is 12.1 Å². The highest BCUT2D eigenvalue weighted by Crippen LogP contribution is 2.14. The Hall–Kier alpha value is -2.17. The van der Waals surface area contributed by atoms with Crippen molar-refractivity contribution in [3.63, 3.8) is 0 Å². The van der Waals surface area contributed by atoms with E-state index in [4.69, 9.17) is 4.74 Å². The van der Waals surface area contributed by atoms with Gasteiger partial charge in [-0.3, -0.25) is 4.98 Å². The van der Waals surface area contributed by atoms with Crippen LogP contribution in [0.5, 0.6) is 5.88 Å². The summed E-state index contributed by atoms with van der Waals surface area (Å²) in [7, 11) is 1.60. The molecule has 0 aliphatic rings. The number of aryl methyl sites for hydroxylation is 1. The van der Waals surface area contributed by atoms with E-state index in [1.807, 2.05) is 25.1 Å². The molecular formula is C13H16N4O. The fraction of sp³-hybridized carbons (Fsp3) is 0.308. The highest BCUT2D eigenvalue weighted by Gasteiger charge is 2.03. The van der Waals surface area contributed by atoms with Crippen molar-refractivity contribution in [2.24, 2.45) is 0 Å². The van der Waals surface area contributed by atoms with Gasteiger partial charge >= 0.3 is 0 Å². The zero-order valence-electron chi connectivity index (χ0n) is 10.6. The van der Waals surface area contributed by atoms with Gasteiger partial charge in [-0.15, -0.1) is 0 Å². The molecule has 0 aromatic carbocycles. The monoisotopic (exact) mass is 244 g/mol. The third kappa shape index (κ3) is 3.16. The van der Waals surface area contributed by atoms with Crippen LogP contribution in [0.1, 0.15) is 18.4 Å². The van der Waals surface area contributed by atoms with Crippen molar-refractivity contribution < 1.29 is 4.74 Å². The molecule has 0 amide bonds. The van der Waals surface area contributed by atoms with Gasteiger partial charge in [0.1, 0.15) is 11.6 Å². The second kappa shape index (κ2) is 5.95. The molecular weight excluding hydrogens is 228 g/mol. The molecule has 0 radical (unpaired) electrons. The Kier molecular flexibility index (Phi) is 4.06. The van der Waals surface area contributed by atoms with E-state index in [9.17, 15) is 0 Å². The Bertz CT molecular complexity index is 479. The molecule has 0 aliphatic heterocycles. The molecule has 2 rings (SSSR count). The summed E-state index contributed by atoms with van der Waals surface area (Å²) in [5, 5.41) is 3.22. The quantitative estimate of drug-likeness (QED) is 0.872. The molecule has 2 heterocycles. The van der Waals surface area contributed by atoms with Crippen molar-refractivity contribution in [3.8, 4) is 5.88 Å². The second-order valence-electron chi connectivity index (χ2n) is 3.74. The van der Waals surface area contributed by atoms with E-state index in [0.717, 1.165) is 23.8 Å². The van der Waals surface area contributed by atoms with Gasteiger partial charge in [-0.1, -0.05) is 13.0 Å². The Morgan fingerprint density at radius 3 is 2.83 bits per heavy atom. The first-order valence-corrected chi connectivity index (χ1v) is 5.87. The van der Waals surface area contributed by atoms with Gasteiger partial charge in [0, 0.05) is 18.7 Å². The minimum Gasteiger partial charge on any atom is -0.481 e. The van der Waals surface area contributed by atoms with E-state index in [1.54, 1.807) is 19.4 Å². The number of rotatable bonds is 5. The standard InChI is InChI=1S/C13H16N4O/c1-3-11-16-12(8-13(17-11)18-2)15-9-10-6-4-5-7-14-10/h4-8H,3,9H2,1-2H3,(H,15,16,17). The number of hydrogen-bond donors (Lipinski definition) is 1. The smallest absolute Gasteiger partial charge is 0.218 e. The maximum absolute atomic E-state index is 5.14. The van der Waals surface area contributed by atoms with E-state index in [1.165, 1.54) is 0 Å². The molecule has 94 valence electrons. The molecule has 0 unspecified atom stereocenters. The zero-order valence-corrected chi connectivity index (χ0v) is 10.6. The maximum atomic E-state index is 5.14. The van der Waals surface area contributed by atoms with Crippen LogP contribution in [-0.2, 0) is 13.0 Å². The molecule has 5 nitrogen and oxygen atoms in total. The van der Waals surface area contributed by atoms with Crippen LogP contribution in [0.2, 0.25) is 0 Å². The number of nitrogens with zero attached hydrogens (tertiary/aromatic N) is 3. The van der Waals surface area contributed by atoms with Gasteiger partial charge in [0.05, 0.1) is 19.3 Å². The lowest BCUT2D eigenvalue weighted by molar-refractivity contribution is 0.395. The van der Waals surface area contributed by atoms with Crippen LogP contribution >= 0.6 is 0 Å². The SMILES string of the molecule is CCc1nc(NCc2ccccn2)cc(OC)n1. The molecule has 2 aromatic rings. The molecule has 0 saturated heterocycles. The third-order valence-electron chi connectivity index (χ3n) is 2.45. The van der Waals surface area contributed by atoms with E-state index < -0.39 is 0 Å². The van der Waals surface area contributed by atoms with Crippen molar-refractivity contribution in [2.75, 3.05) is 12.4 Å². The first-order valence-electron chi connectivity index (χ1n) is 5.87. The fourth-order valence-corrected chi connectivity index (χ4v) is 1.51. The van der Waals surface area contributed by atoms with E-state index in [2.05, 4.69) is 20.3 Å². The average Bonchev–Trinajstić information content (AvgIpc) is 2.45. The summed E-state index contributed by atoms with van der Waals surface area (Å²) in [5.41, 5.74) is 0.966. The Morgan fingerprint density at radius 1 is 1.28 bits per heavy atom. The van der Waals surface area contributed by atoms with Crippen molar-refractivity contribution >= 4 is 5.82 Å². The summed E-state index contributed by atoms with van der Waals surface area (Å²) in [6.45, 7) is 2.64. The molecule has 0 bridgehead atoms. The summed E-state index contributed by atoms with van der Waals surface area (Å²) in [6.07, 6.45) is 2.55. The molecule has 18 heavy (non-hydrogen) atoms. The molecule has 0 aliphatic carbocycles. The van der Waals surface area contributed by atoms with Gasteiger partial charge in [0.25, 0.3) is 0 Å². The third-order valence-corrected chi connectivity index (χ3v) is 2.45. The van der Waals surface area contributed by atoms with Crippen LogP contribution in [0.25, 0.3) is 0 Å². The van der Waals surface area contributed by atoms with Gasteiger partial charge in [0.2, 0.25) is 5.88 Å².